The summed E-state index contributed by atoms with van der Waals surface area (Å²) in [6, 6.07) is 11.8. The van der Waals surface area contributed by atoms with Crippen molar-refractivity contribution >= 4 is 52.2 Å². The van der Waals surface area contributed by atoms with Crippen LogP contribution in [0.3, 0.4) is 0 Å². The number of ether oxygens (including phenoxy) is 1. The van der Waals surface area contributed by atoms with Crippen molar-refractivity contribution in [3.63, 3.8) is 0 Å². The fourth-order valence-corrected chi connectivity index (χ4v) is 3.55. The highest BCUT2D eigenvalue weighted by atomic mass is 35.5. The lowest BCUT2D eigenvalue weighted by Gasteiger charge is -2.07. The highest BCUT2D eigenvalue weighted by molar-refractivity contribution is 8.18. The first-order chi connectivity index (χ1) is 12.9. The van der Waals surface area contributed by atoms with Gasteiger partial charge in [-0.2, -0.15) is 0 Å². The Balaban J connectivity index is 1.89. The maximum absolute atomic E-state index is 12.5. The van der Waals surface area contributed by atoms with Crippen LogP contribution in [-0.4, -0.2) is 41.2 Å². The summed E-state index contributed by atoms with van der Waals surface area (Å²) < 4.78 is 5.12. The van der Waals surface area contributed by atoms with E-state index < -0.39 is 5.97 Å². The summed E-state index contributed by atoms with van der Waals surface area (Å²) in [5, 5.41) is 9.76. The summed E-state index contributed by atoms with van der Waals surface area (Å²) in [6.45, 7) is 0. The zero-order valence-corrected chi connectivity index (χ0v) is 16.0. The molecule has 1 aliphatic heterocycles. The van der Waals surface area contributed by atoms with Crippen LogP contribution in [0.4, 0.5) is 5.69 Å². The van der Waals surface area contributed by atoms with Gasteiger partial charge < -0.3 is 9.84 Å². The maximum Gasteiger partial charge on any atom is 0.337 e. The third-order valence-electron chi connectivity index (χ3n) is 3.82. The normalized spacial score (nSPS) is 17.0. The molecule has 3 rings (SSSR count). The summed E-state index contributed by atoms with van der Waals surface area (Å²) in [5.74, 6) is -0.577. The molecule has 1 N–H and O–H groups in total. The average molecular weight is 403 g/mol. The van der Waals surface area contributed by atoms with Crippen LogP contribution in [0.5, 0.6) is 5.75 Å². The Morgan fingerprint density at radius 2 is 1.96 bits per heavy atom. The Bertz CT molecular complexity index is 970. The fourth-order valence-electron chi connectivity index (χ4n) is 2.36. The molecule has 1 aliphatic rings. The van der Waals surface area contributed by atoms with E-state index >= 15 is 0 Å². The number of benzene rings is 2. The molecule has 1 heterocycles. The van der Waals surface area contributed by atoms with Crippen molar-refractivity contribution in [3.8, 4) is 5.75 Å². The van der Waals surface area contributed by atoms with Crippen LogP contribution in [-0.2, 0) is 4.79 Å². The molecule has 2 aromatic carbocycles. The predicted octanol–water partition coefficient (Wildman–Crippen LogP) is 4.28. The molecule has 1 amide bonds. The van der Waals surface area contributed by atoms with Crippen LogP contribution in [0.2, 0.25) is 5.02 Å². The number of methoxy groups -OCH3 is 1. The van der Waals surface area contributed by atoms with E-state index in [-0.39, 0.29) is 16.5 Å². The van der Waals surface area contributed by atoms with Gasteiger partial charge in [-0.15, -0.1) is 0 Å². The van der Waals surface area contributed by atoms with Crippen LogP contribution >= 0.6 is 23.4 Å². The van der Waals surface area contributed by atoms with Crippen molar-refractivity contribution in [2.45, 2.75) is 0 Å². The lowest BCUT2D eigenvalue weighted by Crippen LogP contribution is -2.23. The van der Waals surface area contributed by atoms with Gasteiger partial charge in [0.2, 0.25) is 0 Å². The van der Waals surface area contributed by atoms with Crippen molar-refractivity contribution in [3.05, 3.63) is 63.5 Å². The highest BCUT2D eigenvalue weighted by Crippen LogP contribution is 2.34. The number of amidine groups is 1. The van der Waals surface area contributed by atoms with E-state index in [0.29, 0.717) is 15.8 Å². The average Bonchev–Trinajstić information content (AvgIpc) is 2.91. The molecule has 8 heteroatoms. The van der Waals surface area contributed by atoms with Crippen LogP contribution in [0.1, 0.15) is 15.9 Å². The topological polar surface area (TPSA) is 79.2 Å². The first kappa shape index (κ1) is 19.0. The molecule has 0 saturated carbocycles. The van der Waals surface area contributed by atoms with Crippen molar-refractivity contribution in [1.82, 2.24) is 4.90 Å². The molecule has 0 radical (unpaired) electrons. The number of thioether (sulfide) groups is 1. The Morgan fingerprint density at radius 3 is 2.59 bits per heavy atom. The number of carboxylic acids is 1. The number of rotatable bonds is 4. The van der Waals surface area contributed by atoms with Gasteiger partial charge in [0.25, 0.3) is 5.91 Å². The first-order valence-corrected chi connectivity index (χ1v) is 9.01. The van der Waals surface area contributed by atoms with Gasteiger partial charge in [-0.1, -0.05) is 23.7 Å². The van der Waals surface area contributed by atoms with Crippen LogP contribution in [0.15, 0.2) is 52.4 Å². The molecule has 0 unspecified atom stereocenters. The molecule has 6 nitrogen and oxygen atoms in total. The van der Waals surface area contributed by atoms with Gasteiger partial charge in [0.05, 0.1) is 28.3 Å². The number of amides is 1. The van der Waals surface area contributed by atoms with Crippen LogP contribution < -0.4 is 4.74 Å². The second-order valence-corrected chi connectivity index (χ2v) is 7.03. The van der Waals surface area contributed by atoms with Gasteiger partial charge in [0.15, 0.2) is 5.17 Å². The Hall–Kier alpha value is -2.77. The number of likely N-dealkylation sites (N-methyl/N-ethyl adjacent to an activating group) is 1. The van der Waals surface area contributed by atoms with E-state index in [1.807, 2.05) is 24.3 Å². The number of aliphatic imine (C=N–C) groups is 1. The third-order valence-corrected chi connectivity index (χ3v) is 5.21. The molecule has 1 saturated heterocycles. The van der Waals surface area contributed by atoms with Gasteiger partial charge in [-0.05, 0) is 53.7 Å². The second-order valence-electron chi connectivity index (χ2n) is 5.61. The standard InChI is InChI=1S/C19H15ClN2O4S/c1-22-17(23)16(9-11-3-6-13(26-2)7-4-11)27-19(22)21-12-5-8-15(20)14(10-12)18(24)25/h3-10H,1-2H3,(H,24,25)/b16-9+,21-19?. The Labute approximate surface area is 165 Å². The number of halogens is 1. The first-order valence-electron chi connectivity index (χ1n) is 7.82. The minimum atomic E-state index is -1.13. The van der Waals surface area contributed by atoms with Crippen molar-refractivity contribution in [2.75, 3.05) is 14.2 Å². The van der Waals surface area contributed by atoms with Gasteiger partial charge >= 0.3 is 5.97 Å². The smallest absolute Gasteiger partial charge is 0.337 e. The minimum absolute atomic E-state index is 0.0375. The molecular weight excluding hydrogens is 388 g/mol. The molecule has 27 heavy (non-hydrogen) atoms. The Kier molecular flexibility index (Phi) is 5.53. The van der Waals surface area contributed by atoms with Crippen LogP contribution in [0, 0.1) is 0 Å². The number of hydrogen-bond donors (Lipinski definition) is 1. The quantitative estimate of drug-likeness (QED) is 0.772. The molecule has 138 valence electrons. The van der Waals surface area contributed by atoms with Crippen molar-refractivity contribution < 1.29 is 19.4 Å². The molecular formula is C19H15ClN2O4S. The largest absolute Gasteiger partial charge is 0.497 e. The third kappa shape index (κ3) is 4.15. The molecule has 1 fully saturated rings. The molecule has 0 aromatic heterocycles. The molecule has 0 atom stereocenters. The maximum atomic E-state index is 12.5. The second kappa shape index (κ2) is 7.85. The minimum Gasteiger partial charge on any atom is -0.497 e. The predicted molar refractivity (Wildman–Crippen MR) is 107 cm³/mol. The van der Waals surface area contributed by atoms with E-state index in [9.17, 15) is 9.59 Å². The van der Waals surface area contributed by atoms with Crippen LogP contribution in [0.25, 0.3) is 6.08 Å². The number of aromatic carboxylic acids is 1. The van der Waals surface area contributed by atoms with E-state index in [1.165, 1.54) is 28.8 Å². The van der Waals surface area contributed by atoms with E-state index in [4.69, 9.17) is 21.4 Å². The van der Waals surface area contributed by atoms with Gasteiger partial charge in [0.1, 0.15) is 5.75 Å². The number of nitrogens with zero attached hydrogens (tertiary/aromatic N) is 2. The zero-order valence-electron chi connectivity index (χ0n) is 14.5. The summed E-state index contributed by atoms with van der Waals surface area (Å²) in [4.78, 5) is 30.0. The fraction of sp³-hybridized carbons (Fsp3) is 0.105. The highest BCUT2D eigenvalue weighted by Gasteiger charge is 2.30. The number of carboxylic acid groups (broad SMARTS) is 1. The lowest BCUT2D eigenvalue weighted by atomic mass is 10.2. The summed E-state index contributed by atoms with van der Waals surface area (Å²) >= 11 is 7.10. The van der Waals surface area contributed by atoms with E-state index in [0.717, 1.165) is 11.3 Å². The molecule has 0 spiro atoms. The molecule has 0 bridgehead atoms. The SMILES string of the molecule is COc1ccc(/C=C2/SC(=Nc3ccc(Cl)c(C(=O)O)c3)N(C)C2=O)cc1. The molecule has 2 aromatic rings. The van der Waals surface area contributed by atoms with E-state index in [1.54, 1.807) is 26.3 Å². The van der Waals surface area contributed by atoms with Gasteiger partial charge in [-0.3, -0.25) is 9.69 Å². The van der Waals surface area contributed by atoms with Crippen molar-refractivity contribution in [2.24, 2.45) is 4.99 Å². The summed E-state index contributed by atoms with van der Waals surface area (Å²) in [5.41, 5.74) is 1.23. The summed E-state index contributed by atoms with van der Waals surface area (Å²) in [6.07, 6.45) is 1.77. The zero-order chi connectivity index (χ0) is 19.6. The summed E-state index contributed by atoms with van der Waals surface area (Å²) in [7, 11) is 3.21. The Morgan fingerprint density at radius 1 is 1.26 bits per heavy atom. The lowest BCUT2D eigenvalue weighted by molar-refractivity contribution is -0.121. The number of carbonyl (C=O) groups excluding carboxylic acids is 1. The number of hydrogen-bond acceptors (Lipinski definition) is 5. The van der Waals surface area contributed by atoms with E-state index in [2.05, 4.69) is 4.99 Å². The van der Waals surface area contributed by atoms with Gasteiger partial charge in [-0.25, -0.2) is 9.79 Å². The monoisotopic (exact) mass is 402 g/mol. The number of carbonyl (C=O) groups is 2. The molecule has 0 aliphatic carbocycles. The van der Waals surface area contributed by atoms with Crippen molar-refractivity contribution in [1.29, 1.82) is 0 Å². The van der Waals surface area contributed by atoms with Gasteiger partial charge in [0, 0.05) is 7.05 Å².